The van der Waals surface area contributed by atoms with Gasteiger partial charge >= 0.3 is 0 Å². The van der Waals surface area contributed by atoms with Crippen LogP contribution in [-0.2, 0) is 0 Å². The summed E-state index contributed by atoms with van der Waals surface area (Å²) in [7, 11) is 0. The lowest BCUT2D eigenvalue weighted by molar-refractivity contribution is 0.169. The van der Waals surface area contributed by atoms with Crippen LogP contribution in [-0.4, -0.2) is 13.2 Å². The minimum Gasteiger partial charge on any atom is -0.486 e. The molecule has 0 radical (unpaired) electrons. The normalized spacial score (nSPS) is 15.4. The molecule has 0 amide bonds. The van der Waals surface area contributed by atoms with Crippen LogP contribution in [0, 0.1) is 0 Å². The number of nitrogens with two attached hydrogens (primary N) is 1. The first-order chi connectivity index (χ1) is 8.18. The van der Waals surface area contributed by atoms with Crippen molar-refractivity contribution >= 4 is 0 Å². The van der Waals surface area contributed by atoms with Gasteiger partial charge in [0.1, 0.15) is 13.2 Å². The van der Waals surface area contributed by atoms with Crippen molar-refractivity contribution in [1.82, 2.24) is 0 Å². The van der Waals surface area contributed by atoms with Crippen molar-refractivity contribution in [1.29, 1.82) is 0 Å². The lowest BCUT2D eigenvalue weighted by Gasteiger charge is -2.23. The van der Waals surface area contributed by atoms with Crippen molar-refractivity contribution in [3.8, 4) is 11.5 Å². The zero-order valence-electron chi connectivity index (χ0n) is 10.2. The minimum absolute atomic E-state index is 0.0247. The number of benzene rings is 1. The fourth-order valence-electron chi connectivity index (χ4n) is 1.95. The summed E-state index contributed by atoms with van der Waals surface area (Å²) in [6.45, 7) is 7.12. The predicted molar refractivity (Wildman–Crippen MR) is 68.4 cm³/mol. The van der Waals surface area contributed by atoms with E-state index in [4.69, 9.17) is 15.2 Å². The highest BCUT2D eigenvalue weighted by atomic mass is 16.6. The molecule has 2 N–H and O–H groups in total. The van der Waals surface area contributed by atoms with Crippen molar-refractivity contribution in [2.45, 2.75) is 25.8 Å². The first-order valence-corrected chi connectivity index (χ1v) is 5.97. The number of ether oxygens (including phenoxy) is 2. The van der Waals surface area contributed by atoms with E-state index in [0.717, 1.165) is 35.5 Å². The van der Waals surface area contributed by atoms with Gasteiger partial charge in [-0.15, -0.1) is 6.58 Å². The van der Waals surface area contributed by atoms with E-state index in [1.807, 2.05) is 25.1 Å². The highest BCUT2D eigenvalue weighted by Gasteiger charge is 2.19. The van der Waals surface area contributed by atoms with Crippen LogP contribution in [0.4, 0.5) is 0 Å². The molecule has 17 heavy (non-hydrogen) atoms. The predicted octanol–water partition coefficient (Wildman–Crippen LogP) is 2.81. The third kappa shape index (κ3) is 2.80. The van der Waals surface area contributed by atoms with Gasteiger partial charge in [0.05, 0.1) is 0 Å². The lowest BCUT2D eigenvalue weighted by atomic mass is 9.99. The molecule has 1 aromatic carbocycles. The molecular formula is C14H19NO2. The monoisotopic (exact) mass is 233 g/mol. The SMILES string of the molecule is C=C(C)CCC(N)c1cccc2c1OCCO2. The molecule has 3 heteroatoms. The Labute approximate surface area is 102 Å². The topological polar surface area (TPSA) is 44.5 Å². The third-order valence-corrected chi connectivity index (χ3v) is 2.88. The second kappa shape index (κ2) is 5.23. The van der Waals surface area contributed by atoms with Crippen molar-refractivity contribution in [3.63, 3.8) is 0 Å². The first kappa shape index (κ1) is 12.0. The number of hydrogen-bond donors (Lipinski definition) is 1. The number of hydrogen-bond acceptors (Lipinski definition) is 3. The summed E-state index contributed by atoms with van der Waals surface area (Å²) >= 11 is 0. The zero-order chi connectivity index (χ0) is 12.3. The van der Waals surface area contributed by atoms with Crippen LogP contribution in [0.1, 0.15) is 31.4 Å². The summed E-state index contributed by atoms with van der Waals surface area (Å²) in [5, 5.41) is 0. The highest BCUT2D eigenvalue weighted by Crippen LogP contribution is 2.37. The van der Waals surface area contributed by atoms with Crippen LogP contribution in [0.2, 0.25) is 0 Å². The molecule has 92 valence electrons. The average Bonchev–Trinajstić information content (AvgIpc) is 2.35. The van der Waals surface area contributed by atoms with Crippen LogP contribution < -0.4 is 15.2 Å². The molecule has 0 saturated heterocycles. The molecule has 1 atom stereocenters. The molecule has 2 rings (SSSR count). The standard InChI is InChI=1S/C14H19NO2/c1-10(2)6-7-12(15)11-4-3-5-13-14(11)17-9-8-16-13/h3-5,12H,1,6-9,15H2,2H3. The van der Waals surface area contributed by atoms with Gasteiger partial charge in [0.15, 0.2) is 11.5 Å². The van der Waals surface area contributed by atoms with Gasteiger partial charge in [-0.1, -0.05) is 17.7 Å². The van der Waals surface area contributed by atoms with Gasteiger partial charge in [0, 0.05) is 11.6 Å². The largest absolute Gasteiger partial charge is 0.486 e. The second-order valence-electron chi connectivity index (χ2n) is 4.47. The van der Waals surface area contributed by atoms with E-state index < -0.39 is 0 Å². The minimum atomic E-state index is -0.0247. The van der Waals surface area contributed by atoms with E-state index in [1.165, 1.54) is 0 Å². The van der Waals surface area contributed by atoms with Gasteiger partial charge in [0.25, 0.3) is 0 Å². The maximum absolute atomic E-state index is 6.19. The molecule has 0 fully saturated rings. The Morgan fingerprint density at radius 2 is 2.18 bits per heavy atom. The Bertz CT molecular complexity index is 415. The van der Waals surface area contributed by atoms with E-state index in [2.05, 4.69) is 6.58 Å². The van der Waals surface area contributed by atoms with Crippen LogP contribution >= 0.6 is 0 Å². The Balaban J connectivity index is 2.17. The summed E-state index contributed by atoms with van der Waals surface area (Å²) < 4.78 is 11.2. The molecule has 1 aliphatic rings. The molecule has 1 aromatic rings. The molecule has 0 saturated carbocycles. The number of rotatable bonds is 4. The van der Waals surface area contributed by atoms with Crippen molar-refractivity contribution < 1.29 is 9.47 Å². The number of allylic oxidation sites excluding steroid dienone is 1. The van der Waals surface area contributed by atoms with Crippen molar-refractivity contribution in [3.05, 3.63) is 35.9 Å². The summed E-state index contributed by atoms with van der Waals surface area (Å²) in [4.78, 5) is 0. The number of para-hydroxylation sites is 1. The van der Waals surface area contributed by atoms with E-state index in [0.29, 0.717) is 13.2 Å². The summed E-state index contributed by atoms with van der Waals surface area (Å²) in [5.41, 5.74) is 8.38. The van der Waals surface area contributed by atoms with Crippen molar-refractivity contribution in [2.75, 3.05) is 13.2 Å². The summed E-state index contributed by atoms with van der Waals surface area (Å²) in [6, 6.07) is 5.87. The van der Waals surface area contributed by atoms with Gasteiger partial charge in [-0.2, -0.15) is 0 Å². The maximum Gasteiger partial charge on any atom is 0.166 e. The van der Waals surface area contributed by atoms with Gasteiger partial charge < -0.3 is 15.2 Å². The highest BCUT2D eigenvalue weighted by molar-refractivity contribution is 5.48. The van der Waals surface area contributed by atoms with Gasteiger partial charge in [0.2, 0.25) is 0 Å². The Morgan fingerprint density at radius 1 is 1.41 bits per heavy atom. The maximum atomic E-state index is 6.19. The fraction of sp³-hybridized carbons (Fsp3) is 0.429. The fourth-order valence-corrected chi connectivity index (χ4v) is 1.95. The third-order valence-electron chi connectivity index (χ3n) is 2.88. The average molecular weight is 233 g/mol. The van der Waals surface area contributed by atoms with Crippen LogP contribution in [0.15, 0.2) is 30.4 Å². The Kier molecular flexibility index (Phi) is 3.69. The van der Waals surface area contributed by atoms with Crippen LogP contribution in [0.25, 0.3) is 0 Å². The summed E-state index contributed by atoms with van der Waals surface area (Å²) in [5.74, 6) is 1.62. The first-order valence-electron chi connectivity index (χ1n) is 5.97. The molecule has 1 heterocycles. The van der Waals surface area contributed by atoms with E-state index in [9.17, 15) is 0 Å². The molecular weight excluding hydrogens is 214 g/mol. The number of fused-ring (bicyclic) bond motifs is 1. The molecule has 3 nitrogen and oxygen atoms in total. The van der Waals surface area contributed by atoms with E-state index in [-0.39, 0.29) is 6.04 Å². The second-order valence-corrected chi connectivity index (χ2v) is 4.47. The molecule has 0 bridgehead atoms. The zero-order valence-corrected chi connectivity index (χ0v) is 10.2. The Hall–Kier alpha value is -1.48. The van der Waals surface area contributed by atoms with Gasteiger partial charge in [-0.3, -0.25) is 0 Å². The van der Waals surface area contributed by atoms with Crippen LogP contribution in [0.3, 0.4) is 0 Å². The Morgan fingerprint density at radius 3 is 2.94 bits per heavy atom. The van der Waals surface area contributed by atoms with Gasteiger partial charge in [-0.25, -0.2) is 0 Å². The molecule has 0 aromatic heterocycles. The summed E-state index contributed by atoms with van der Waals surface area (Å²) in [6.07, 6.45) is 1.82. The quantitative estimate of drug-likeness (QED) is 0.813. The molecule has 1 aliphatic heterocycles. The van der Waals surface area contributed by atoms with Crippen LogP contribution in [0.5, 0.6) is 11.5 Å². The molecule has 0 aliphatic carbocycles. The smallest absolute Gasteiger partial charge is 0.166 e. The van der Waals surface area contributed by atoms with E-state index >= 15 is 0 Å². The van der Waals surface area contributed by atoms with Gasteiger partial charge in [-0.05, 0) is 25.8 Å². The van der Waals surface area contributed by atoms with Crippen molar-refractivity contribution in [2.24, 2.45) is 5.73 Å². The molecule has 0 spiro atoms. The van der Waals surface area contributed by atoms with E-state index in [1.54, 1.807) is 0 Å². The lowest BCUT2D eigenvalue weighted by Crippen LogP contribution is -2.19. The molecule has 1 unspecified atom stereocenters.